The zero-order chi connectivity index (χ0) is 19.7. The van der Waals surface area contributed by atoms with Gasteiger partial charge in [-0.1, -0.05) is 19.1 Å². The van der Waals surface area contributed by atoms with Gasteiger partial charge in [-0.3, -0.25) is 9.59 Å². The van der Waals surface area contributed by atoms with Gasteiger partial charge in [0.15, 0.2) is 0 Å². The van der Waals surface area contributed by atoms with Crippen LogP contribution in [0.5, 0.6) is 5.75 Å². The number of hydrogen-bond acceptors (Lipinski definition) is 4. The van der Waals surface area contributed by atoms with E-state index in [4.69, 9.17) is 4.74 Å². The highest BCUT2D eigenvalue weighted by molar-refractivity contribution is 5.95. The molecule has 0 unspecified atom stereocenters. The average molecular weight is 379 g/mol. The average Bonchev–Trinajstić information content (AvgIpc) is 3.29. The van der Waals surface area contributed by atoms with Gasteiger partial charge in [-0.15, -0.1) is 0 Å². The summed E-state index contributed by atoms with van der Waals surface area (Å²) in [6, 6.07) is 12.7. The summed E-state index contributed by atoms with van der Waals surface area (Å²) in [4.78, 5) is 30.1. The Labute approximate surface area is 162 Å². The van der Waals surface area contributed by atoms with Crippen LogP contribution in [-0.4, -0.2) is 44.4 Å². The number of rotatable bonds is 5. The van der Waals surface area contributed by atoms with Crippen LogP contribution in [0.4, 0.5) is 0 Å². The summed E-state index contributed by atoms with van der Waals surface area (Å²) in [5.41, 5.74) is 2.13. The first-order valence-corrected chi connectivity index (χ1v) is 9.19. The lowest BCUT2D eigenvalue weighted by Crippen LogP contribution is -2.29. The van der Waals surface area contributed by atoms with E-state index in [0.717, 1.165) is 11.3 Å². The number of benzene rings is 1. The quantitative estimate of drug-likeness (QED) is 0.737. The summed E-state index contributed by atoms with van der Waals surface area (Å²) in [5, 5.41) is 9.26. The molecule has 2 atom stereocenters. The third-order valence-corrected chi connectivity index (χ3v) is 5.10. The molecule has 7 nitrogen and oxygen atoms in total. The second-order valence-electron chi connectivity index (χ2n) is 7.15. The van der Waals surface area contributed by atoms with Crippen LogP contribution in [0.1, 0.15) is 23.0 Å². The van der Waals surface area contributed by atoms with Crippen molar-refractivity contribution in [2.45, 2.75) is 13.5 Å². The van der Waals surface area contributed by atoms with E-state index in [0.29, 0.717) is 24.5 Å². The van der Waals surface area contributed by atoms with Crippen LogP contribution in [0.25, 0.3) is 5.65 Å². The van der Waals surface area contributed by atoms with Crippen molar-refractivity contribution in [2.75, 3.05) is 13.1 Å². The third kappa shape index (κ3) is 3.55. The molecule has 1 aromatic carbocycles. The molecule has 1 aliphatic rings. The number of likely N-dealkylation sites (tertiary alicyclic amines) is 1. The van der Waals surface area contributed by atoms with Gasteiger partial charge in [0.25, 0.3) is 5.91 Å². The van der Waals surface area contributed by atoms with Crippen LogP contribution in [0.2, 0.25) is 0 Å². The molecular formula is C21H21N3O4. The lowest BCUT2D eigenvalue weighted by Gasteiger charge is -2.16. The van der Waals surface area contributed by atoms with Gasteiger partial charge in [-0.2, -0.15) is 0 Å². The molecule has 3 heterocycles. The summed E-state index contributed by atoms with van der Waals surface area (Å²) in [6.45, 7) is 2.84. The maximum atomic E-state index is 12.8. The van der Waals surface area contributed by atoms with Crippen molar-refractivity contribution in [3.05, 3.63) is 66.1 Å². The molecule has 28 heavy (non-hydrogen) atoms. The normalized spacial score (nSPS) is 19.1. The number of carbonyl (C=O) groups is 2. The summed E-state index contributed by atoms with van der Waals surface area (Å²) in [6.07, 6.45) is 3.83. The van der Waals surface area contributed by atoms with Crippen molar-refractivity contribution >= 4 is 17.5 Å². The van der Waals surface area contributed by atoms with E-state index in [2.05, 4.69) is 4.98 Å². The molecule has 1 saturated heterocycles. The number of nitrogens with zero attached hydrogens (tertiary/aromatic N) is 3. The molecule has 0 aliphatic carbocycles. The molecule has 0 saturated carbocycles. The van der Waals surface area contributed by atoms with Crippen molar-refractivity contribution in [1.29, 1.82) is 0 Å². The number of carboxylic acids is 1. The fraction of sp³-hybridized carbons (Fsp3) is 0.286. The van der Waals surface area contributed by atoms with Gasteiger partial charge in [0.1, 0.15) is 18.0 Å². The van der Waals surface area contributed by atoms with Gasteiger partial charge < -0.3 is 19.1 Å². The lowest BCUT2D eigenvalue weighted by atomic mass is 9.99. The SMILES string of the molecule is C[C@@H]1CN(C(=O)c2cccc(OCc3cn4ccccc4n3)c2)C[C@H]1C(=O)O. The molecule has 1 aliphatic heterocycles. The second-order valence-corrected chi connectivity index (χ2v) is 7.15. The van der Waals surface area contributed by atoms with Crippen LogP contribution < -0.4 is 4.74 Å². The van der Waals surface area contributed by atoms with E-state index in [9.17, 15) is 14.7 Å². The molecular weight excluding hydrogens is 358 g/mol. The largest absolute Gasteiger partial charge is 0.487 e. The molecule has 2 aromatic heterocycles. The highest BCUT2D eigenvalue weighted by Gasteiger charge is 2.37. The Morgan fingerprint density at radius 1 is 1.21 bits per heavy atom. The van der Waals surface area contributed by atoms with Crippen LogP contribution in [-0.2, 0) is 11.4 Å². The van der Waals surface area contributed by atoms with Crippen LogP contribution in [0, 0.1) is 11.8 Å². The van der Waals surface area contributed by atoms with E-state index >= 15 is 0 Å². The monoisotopic (exact) mass is 379 g/mol. The van der Waals surface area contributed by atoms with Gasteiger partial charge in [0.2, 0.25) is 0 Å². The van der Waals surface area contributed by atoms with Crippen molar-refractivity contribution in [3.8, 4) is 5.75 Å². The maximum Gasteiger partial charge on any atom is 0.308 e. The number of pyridine rings is 1. The standard InChI is InChI=1S/C21H21N3O4/c1-14-10-24(12-18(14)21(26)27)20(25)15-5-4-6-17(9-15)28-13-16-11-23-8-3-2-7-19(23)22-16/h2-9,11,14,18H,10,12-13H2,1H3,(H,26,27)/t14-,18-/m1/s1. The topological polar surface area (TPSA) is 84.1 Å². The van der Waals surface area contributed by atoms with Crippen molar-refractivity contribution in [3.63, 3.8) is 0 Å². The number of carboxylic acid groups (broad SMARTS) is 1. The summed E-state index contributed by atoms with van der Waals surface area (Å²) in [5.74, 6) is -1.03. The molecule has 0 radical (unpaired) electrons. The number of aromatic nitrogens is 2. The number of aliphatic carboxylic acids is 1. The van der Waals surface area contributed by atoms with Crippen molar-refractivity contribution in [2.24, 2.45) is 11.8 Å². The number of imidazole rings is 1. The molecule has 0 bridgehead atoms. The van der Waals surface area contributed by atoms with Crippen molar-refractivity contribution < 1.29 is 19.4 Å². The Hall–Kier alpha value is -3.35. The number of amides is 1. The lowest BCUT2D eigenvalue weighted by molar-refractivity contribution is -0.142. The van der Waals surface area contributed by atoms with E-state index in [1.54, 1.807) is 29.2 Å². The first kappa shape index (κ1) is 18.0. The van der Waals surface area contributed by atoms with Crippen LogP contribution in [0.15, 0.2) is 54.9 Å². The molecule has 1 N–H and O–H groups in total. The summed E-state index contributed by atoms with van der Waals surface area (Å²) in [7, 11) is 0. The smallest absolute Gasteiger partial charge is 0.308 e. The first-order valence-electron chi connectivity index (χ1n) is 9.19. The van der Waals surface area contributed by atoms with E-state index in [1.807, 2.05) is 41.9 Å². The van der Waals surface area contributed by atoms with E-state index in [1.165, 1.54) is 0 Å². The van der Waals surface area contributed by atoms with Gasteiger partial charge in [0, 0.05) is 31.0 Å². The van der Waals surface area contributed by atoms with Crippen LogP contribution in [0.3, 0.4) is 0 Å². The zero-order valence-electron chi connectivity index (χ0n) is 15.5. The molecule has 7 heteroatoms. The Balaban J connectivity index is 1.44. The predicted octanol–water partition coefficient (Wildman–Crippen LogP) is 2.71. The van der Waals surface area contributed by atoms with Crippen molar-refractivity contribution in [1.82, 2.24) is 14.3 Å². The number of carbonyl (C=O) groups excluding carboxylic acids is 1. The summed E-state index contributed by atoms with van der Waals surface area (Å²) >= 11 is 0. The van der Waals surface area contributed by atoms with Gasteiger partial charge in [0.05, 0.1) is 11.6 Å². The fourth-order valence-electron chi connectivity index (χ4n) is 3.57. The fourth-order valence-corrected chi connectivity index (χ4v) is 3.57. The second kappa shape index (κ2) is 7.34. The van der Waals surface area contributed by atoms with Gasteiger partial charge in [-0.05, 0) is 36.2 Å². The van der Waals surface area contributed by atoms with Gasteiger partial charge >= 0.3 is 5.97 Å². The Morgan fingerprint density at radius 2 is 2.07 bits per heavy atom. The molecule has 3 aromatic rings. The molecule has 1 amide bonds. The Kier molecular flexibility index (Phi) is 4.73. The Bertz CT molecular complexity index is 996. The number of hydrogen-bond donors (Lipinski definition) is 1. The van der Waals surface area contributed by atoms with E-state index < -0.39 is 11.9 Å². The molecule has 144 valence electrons. The third-order valence-electron chi connectivity index (χ3n) is 5.10. The molecule has 0 spiro atoms. The molecule has 1 fully saturated rings. The summed E-state index contributed by atoms with van der Waals surface area (Å²) < 4.78 is 7.74. The minimum absolute atomic E-state index is 0.0593. The maximum absolute atomic E-state index is 12.8. The number of ether oxygens (including phenoxy) is 1. The predicted molar refractivity (Wildman–Crippen MR) is 102 cm³/mol. The highest BCUT2D eigenvalue weighted by atomic mass is 16.5. The molecule has 4 rings (SSSR count). The minimum Gasteiger partial charge on any atom is -0.487 e. The Morgan fingerprint density at radius 3 is 2.82 bits per heavy atom. The zero-order valence-corrected chi connectivity index (χ0v) is 15.5. The van der Waals surface area contributed by atoms with Gasteiger partial charge in [-0.25, -0.2) is 4.98 Å². The van der Waals surface area contributed by atoms with Crippen LogP contribution >= 0.6 is 0 Å². The highest BCUT2D eigenvalue weighted by Crippen LogP contribution is 2.25. The first-order chi connectivity index (χ1) is 13.5. The minimum atomic E-state index is -0.854. The number of fused-ring (bicyclic) bond motifs is 1. The van der Waals surface area contributed by atoms with E-state index in [-0.39, 0.29) is 18.4 Å².